The van der Waals surface area contributed by atoms with Gasteiger partial charge in [-0.1, -0.05) is 29.8 Å². The molecule has 0 spiro atoms. The minimum Gasteiger partial charge on any atom is -0.388 e. The van der Waals surface area contributed by atoms with Crippen molar-refractivity contribution in [2.24, 2.45) is 11.1 Å². The van der Waals surface area contributed by atoms with Gasteiger partial charge < -0.3 is 10.8 Å². The number of alkyl halides is 1. The van der Waals surface area contributed by atoms with Gasteiger partial charge in [0.25, 0.3) is 0 Å². The van der Waals surface area contributed by atoms with Crippen LogP contribution in [-0.4, -0.2) is 21.4 Å². The van der Waals surface area contributed by atoms with Gasteiger partial charge in [0.15, 0.2) is 0 Å². The van der Waals surface area contributed by atoms with E-state index in [1.54, 1.807) is 6.92 Å². The first-order valence-corrected chi connectivity index (χ1v) is 5.63. The molecule has 2 unspecified atom stereocenters. The highest BCUT2D eigenvalue weighted by Crippen LogP contribution is 2.34. The van der Waals surface area contributed by atoms with E-state index in [2.05, 4.69) is 21.9 Å². The Morgan fingerprint density at radius 3 is 2.40 bits per heavy atom. The van der Waals surface area contributed by atoms with E-state index in [9.17, 15) is 9.90 Å². The van der Waals surface area contributed by atoms with Crippen molar-refractivity contribution in [2.75, 3.05) is 0 Å². The van der Waals surface area contributed by atoms with Crippen LogP contribution in [0.3, 0.4) is 0 Å². The Labute approximate surface area is 99.6 Å². The van der Waals surface area contributed by atoms with Crippen molar-refractivity contribution in [1.82, 2.24) is 0 Å². The lowest BCUT2D eigenvalue weighted by Crippen LogP contribution is -2.46. The molecule has 0 aromatic carbocycles. The highest BCUT2D eigenvalue weighted by molar-refractivity contribution is 9.10. The lowest BCUT2D eigenvalue weighted by Gasteiger charge is -2.34. The summed E-state index contributed by atoms with van der Waals surface area (Å²) in [5, 5.41) is 10.1. The first-order valence-electron chi connectivity index (χ1n) is 4.71. The fraction of sp³-hybridized carbons (Fsp3) is 0.727. The number of terminal acetylenes is 1. The predicted octanol–water partition coefficient (Wildman–Crippen LogP) is 1.43. The third-order valence-electron chi connectivity index (χ3n) is 2.21. The van der Waals surface area contributed by atoms with Crippen LogP contribution in [0.2, 0.25) is 0 Å². The van der Waals surface area contributed by atoms with Gasteiger partial charge in [0.1, 0.15) is 4.83 Å². The van der Waals surface area contributed by atoms with Gasteiger partial charge in [0.05, 0.1) is 5.60 Å². The van der Waals surface area contributed by atoms with Crippen molar-refractivity contribution in [3.05, 3.63) is 0 Å². The molecule has 1 amide bonds. The fourth-order valence-electron chi connectivity index (χ4n) is 1.70. The molecule has 0 fully saturated rings. The number of carbonyl (C=O) groups is 1. The Hall–Kier alpha value is -0.530. The van der Waals surface area contributed by atoms with E-state index >= 15 is 0 Å². The number of rotatable bonds is 5. The number of halogens is 1. The zero-order valence-electron chi connectivity index (χ0n) is 9.38. The third kappa shape index (κ3) is 4.67. The molecule has 0 heterocycles. The molecule has 2 atom stereocenters. The molecule has 86 valence electrons. The highest BCUT2D eigenvalue weighted by Gasteiger charge is 2.38. The fourth-order valence-corrected chi connectivity index (χ4v) is 1.87. The molecular weight excluding hydrogens is 258 g/mol. The molecule has 0 rings (SSSR count). The van der Waals surface area contributed by atoms with E-state index in [1.807, 2.05) is 13.8 Å². The topological polar surface area (TPSA) is 63.3 Å². The van der Waals surface area contributed by atoms with Crippen molar-refractivity contribution in [1.29, 1.82) is 0 Å². The maximum absolute atomic E-state index is 11.0. The van der Waals surface area contributed by atoms with Crippen LogP contribution in [0, 0.1) is 17.8 Å². The molecular formula is C11H18BrNO2. The Bertz CT molecular complexity index is 279. The summed E-state index contributed by atoms with van der Waals surface area (Å²) in [6.07, 6.45) is 6.18. The van der Waals surface area contributed by atoms with Crippen LogP contribution in [0.4, 0.5) is 0 Å². The lowest BCUT2D eigenvalue weighted by atomic mass is 9.77. The van der Waals surface area contributed by atoms with Crippen molar-refractivity contribution in [3.8, 4) is 12.3 Å². The first kappa shape index (κ1) is 14.5. The molecule has 0 saturated heterocycles. The summed E-state index contributed by atoms with van der Waals surface area (Å²) < 4.78 is 0. The van der Waals surface area contributed by atoms with Gasteiger partial charge in [-0.05, 0) is 18.8 Å². The molecule has 3 nitrogen and oxygen atoms in total. The van der Waals surface area contributed by atoms with Crippen molar-refractivity contribution >= 4 is 21.8 Å². The number of hydrogen-bond acceptors (Lipinski definition) is 2. The summed E-state index contributed by atoms with van der Waals surface area (Å²) in [7, 11) is 0. The zero-order valence-corrected chi connectivity index (χ0v) is 11.0. The predicted molar refractivity (Wildman–Crippen MR) is 64.4 cm³/mol. The number of amides is 1. The van der Waals surface area contributed by atoms with Gasteiger partial charge in [-0.3, -0.25) is 4.79 Å². The second-order valence-electron chi connectivity index (χ2n) is 4.84. The average Bonchev–Trinajstić information content (AvgIpc) is 2.00. The first-order chi connectivity index (χ1) is 6.62. The van der Waals surface area contributed by atoms with E-state index in [1.165, 1.54) is 0 Å². The van der Waals surface area contributed by atoms with Gasteiger partial charge in [-0.25, -0.2) is 0 Å². The monoisotopic (exact) mass is 275 g/mol. The van der Waals surface area contributed by atoms with Gasteiger partial charge >= 0.3 is 0 Å². The molecule has 0 aromatic heterocycles. The lowest BCUT2D eigenvalue weighted by molar-refractivity contribution is -0.122. The Morgan fingerprint density at radius 1 is 1.60 bits per heavy atom. The second kappa shape index (κ2) is 5.00. The highest BCUT2D eigenvalue weighted by atomic mass is 79.9. The molecule has 0 aliphatic heterocycles. The van der Waals surface area contributed by atoms with Crippen LogP contribution in [0.15, 0.2) is 0 Å². The largest absolute Gasteiger partial charge is 0.388 e. The number of aliphatic hydroxyl groups is 1. The van der Waals surface area contributed by atoms with Gasteiger partial charge in [-0.15, -0.1) is 12.3 Å². The van der Waals surface area contributed by atoms with Crippen LogP contribution < -0.4 is 5.73 Å². The molecule has 0 aliphatic carbocycles. The molecule has 0 radical (unpaired) electrons. The molecule has 3 N–H and O–H groups in total. The van der Waals surface area contributed by atoms with Crippen molar-refractivity contribution < 1.29 is 9.90 Å². The number of carbonyl (C=O) groups excluding carboxylic acids is 1. The summed E-state index contributed by atoms with van der Waals surface area (Å²) in [6, 6.07) is 0. The minimum absolute atomic E-state index is 0.222. The summed E-state index contributed by atoms with van der Waals surface area (Å²) in [4.78, 5) is 10.2. The normalized spacial score (nSPS) is 17.6. The Morgan fingerprint density at radius 2 is 2.07 bits per heavy atom. The molecule has 15 heavy (non-hydrogen) atoms. The molecule has 4 heteroatoms. The molecule has 0 bridgehead atoms. The van der Waals surface area contributed by atoms with Gasteiger partial charge in [0, 0.05) is 6.42 Å². The second-order valence-corrected chi connectivity index (χ2v) is 5.76. The quantitative estimate of drug-likeness (QED) is 0.589. The summed E-state index contributed by atoms with van der Waals surface area (Å²) in [5.74, 6) is 1.98. The molecule has 0 aromatic rings. The van der Waals surface area contributed by atoms with Crippen molar-refractivity contribution in [3.63, 3.8) is 0 Å². The average molecular weight is 276 g/mol. The maximum atomic E-state index is 11.0. The third-order valence-corrected chi connectivity index (χ3v) is 3.65. The minimum atomic E-state index is -1.19. The standard InChI is InChI=1S/C11H18BrNO2/c1-5-6-10(2,3)7-11(4,15)8(12)9(13)14/h1,8,15H,6-7H2,2-4H3,(H2,13,14). The van der Waals surface area contributed by atoms with Gasteiger partial charge in [0.2, 0.25) is 5.91 Å². The van der Waals surface area contributed by atoms with Crippen LogP contribution in [0.1, 0.15) is 33.6 Å². The maximum Gasteiger partial charge on any atom is 0.234 e. The summed E-state index contributed by atoms with van der Waals surface area (Å²) >= 11 is 3.09. The van der Waals surface area contributed by atoms with E-state index in [0.29, 0.717) is 12.8 Å². The Kier molecular flexibility index (Phi) is 4.82. The van der Waals surface area contributed by atoms with E-state index in [0.717, 1.165) is 0 Å². The molecule has 0 aliphatic rings. The summed E-state index contributed by atoms with van der Waals surface area (Å²) in [5.41, 5.74) is 3.72. The Balaban J connectivity index is 4.64. The number of hydrogen-bond donors (Lipinski definition) is 2. The van der Waals surface area contributed by atoms with Crippen LogP contribution >= 0.6 is 15.9 Å². The number of primary amides is 1. The van der Waals surface area contributed by atoms with Crippen molar-refractivity contribution in [2.45, 2.75) is 44.0 Å². The van der Waals surface area contributed by atoms with E-state index in [4.69, 9.17) is 12.2 Å². The molecule has 0 saturated carbocycles. The van der Waals surface area contributed by atoms with Crippen LogP contribution in [0.25, 0.3) is 0 Å². The van der Waals surface area contributed by atoms with E-state index in [-0.39, 0.29) is 5.41 Å². The van der Waals surface area contributed by atoms with E-state index < -0.39 is 16.3 Å². The number of nitrogens with two attached hydrogens (primary N) is 1. The zero-order chi connectivity index (χ0) is 12.3. The van der Waals surface area contributed by atoms with Crippen LogP contribution in [-0.2, 0) is 4.79 Å². The summed E-state index contributed by atoms with van der Waals surface area (Å²) in [6.45, 7) is 5.47. The van der Waals surface area contributed by atoms with Crippen LogP contribution in [0.5, 0.6) is 0 Å². The van der Waals surface area contributed by atoms with Gasteiger partial charge in [-0.2, -0.15) is 0 Å². The smallest absolute Gasteiger partial charge is 0.234 e. The SMILES string of the molecule is C#CCC(C)(C)CC(C)(O)C(Br)C(N)=O.